The highest BCUT2D eigenvalue weighted by Gasteiger charge is 2.42. The second-order valence-corrected chi connectivity index (χ2v) is 6.65. The molecule has 3 aromatic rings. The third kappa shape index (κ3) is 2.26. The van der Waals surface area contributed by atoms with Crippen molar-refractivity contribution >= 4 is 27.4 Å². The molecule has 0 radical (unpaired) electrons. The third-order valence-electron chi connectivity index (χ3n) is 4.14. The fourth-order valence-corrected chi connectivity index (χ4v) is 4.22. The van der Waals surface area contributed by atoms with Crippen LogP contribution in [-0.2, 0) is 9.53 Å². The van der Waals surface area contributed by atoms with Gasteiger partial charge in [0.2, 0.25) is 0 Å². The lowest BCUT2D eigenvalue weighted by Crippen LogP contribution is -2.07. The number of cyclic esters (lactones) is 1. The van der Waals surface area contributed by atoms with E-state index >= 15 is 0 Å². The van der Waals surface area contributed by atoms with Crippen molar-refractivity contribution in [2.45, 2.75) is 12.0 Å². The monoisotopic (exact) mass is 324 g/mol. The third-order valence-corrected chi connectivity index (χ3v) is 5.34. The number of hydrogen-bond donors (Lipinski definition) is 0. The molecule has 1 fully saturated rings. The SMILES string of the molecule is C=C1C(=O)OC(c2ccccc2F)C1c1cc2ccccc2s1. The quantitative estimate of drug-likeness (QED) is 0.491. The van der Waals surface area contributed by atoms with E-state index in [1.165, 1.54) is 6.07 Å². The summed E-state index contributed by atoms with van der Waals surface area (Å²) in [7, 11) is 0. The minimum Gasteiger partial charge on any atom is -0.453 e. The smallest absolute Gasteiger partial charge is 0.334 e. The minimum absolute atomic E-state index is 0.350. The number of carbonyl (C=O) groups is 1. The van der Waals surface area contributed by atoms with Crippen molar-refractivity contribution in [2.75, 3.05) is 0 Å². The Morgan fingerprint density at radius 3 is 2.61 bits per heavy atom. The van der Waals surface area contributed by atoms with Gasteiger partial charge < -0.3 is 4.74 Å². The molecule has 0 bridgehead atoms. The summed E-state index contributed by atoms with van der Waals surface area (Å²) in [4.78, 5) is 13.0. The van der Waals surface area contributed by atoms with Crippen molar-refractivity contribution in [3.63, 3.8) is 0 Å². The molecule has 4 heteroatoms. The zero-order valence-corrected chi connectivity index (χ0v) is 13.0. The van der Waals surface area contributed by atoms with E-state index in [2.05, 4.69) is 6.58 Å². The first-order valence-corrected chi connectivity index (χ1v) is 8.09. The van der Waals surface area contributed by atoms with E-state index in [4.69, 9.17) is 4.74 Å². The fourth-order valence-electron chi connectivity index (χ4n) is 2.99. The number of benzene rings is 2. The van der Waals surface area contributed by atoms with Gasteiger partial charge in [-0.15, -0.1) is 11.3 Å². The Balaban J connectivity index is 1.84. The van der Waals surface area contributed by atoms with Gasteiger partial charge in [-0.3, -0.25) is 0 Å². The maximum absolute atomic E-state index is 14.2. The van der Waals surface area contributed by atoms with Gasteiger partial charge in [0, 0.05) is 20.7 Å². The molecule has 1 aromatic heterocycles. The lowest BCUT2D eigenvalue weighted by molar-refractivity contribution is -0.139. The lowest BCUT2D eigenvalue weighted by Gasteiger charge is -2.17. The van der Waals surface area contributed by atoms with E-state index in [0.717, 1.165) is 15.0 Å². The summed E-state index contributed by atoms with van der Waals surface area (Å²) in [6, 6.07) is 16.4. The van der Waals surface area contributed by atoms with Crippen molar-refractivity contribution in [1.29, 1.82) is 0 Å². The minimum atomic E-state index is -0.663. The highest BCUT2D eigenvalue weighted by atomic mass is 32.1. The summed E-state index contributed by atoms with van der Waals surface area (Å²) < 4.78 is 20.7. The molecule has 4 rings (SSSR count). The number of carbonyl (C=O) groups excluding carboxylic acids is 1. The second kappa shape index (κ2) is 5.32. The maximum Gasteiger partial charge on any atom is 0.334 e. The molecule has 2 nitrogen and oxygen atoms in total. The molecule has 2 unspecified atom stereocenters. The van der Waals surface area contributed by atoms with Gasteiger partial charge in [-0.05, 0) is 23.6 Å². The van der Waals surface area contributed by atoms with Gasteiger partial charge in [0.15, 0.2) is 0 Å². The molecule has 0 spiro atoms. The van der Waals surface area contributed by atoms with Crippen LogP contribution in [0.15, 0.2) is 66.7 Å². The Bertz CT molecular complexity index is 895. The molecule has 114 valence electrons. The number of halogens is 1. The van der Waals surface area contributed by atoms with Gasteiger partial charge >= 0.3 is 5.97 Å². The number of esters is 1. The Hall–Kier alpha value is -2.46. The van der Waals surface area contributed by atoms with Crippen LogP contribution < -0.4 is 0 Å². The number of hydrogen-bond acceptors (Lipinski definition) is 3. The molecule has 0 saturated carbocycles. The van der Waals surface area contributed by atoms with Crippen molar-refractivity contribution in [3.05, 3.63) is 83.0 Å². The second-order valence-electron chi connectivity index (χ2n) is 5.54. The predicted molar refractivity (Wildman–Crippen MR) is 88.9 cm³/mol. The Kier molecular flexibility index (Phi) is 3.27. The normalized spacial score (nSPS) is 20.9. The van der Waals surface area contributed by atoms with Crippen LogP contribution in [0, 0.1) is 5.82 Å². The van der Waals surface area contributed by atoms with E-state index in [1.54, 1.807) is 29.5 Å². The Morgan fingerprint density at radius 1 is 1.09 bits per heavy atom. The zero-order chi connectivity index (χ0) is 16.0. The summed E-state index contributed by atoms with van der Waals surface area (Å²) in [5.74, 6) is -1.18. The van der Waals surface area contributed by atoms with E-state index in [9.17, 15) is 9.18 Å². The summed E-state index contributed by atoms with van der Waals surface area (Å²) in [5, 5.41) is 1.10. The topological polar surface area (TPSA) is 26.3 Å². The molecule has 0 N–H and O–H groups in total. The molecule has 1 aliphatic heterocycles. The Morgan fingerprint density at radius 2 is 1.83 bits per heavy atom. The summed E-state index contributed by atoms with van der Waals surface area (Å²) in [6.07, 6.45) is -0.663. The molecule has 2 aromatic carbocycles. The van der Waals surface area contributed by atoms with Gasteiger partial charge in [-0.1, -0.05) is 43.0 Å². The van der Waals surface area contributed by atoms with Crippen molar-refractivity contribution in [1.82, 2.24) is 0 Å². The van der Waals surface area contributed by atoms with Crippen LogP contribution in [0.25, 0.3) is 10.1 Å². The van der Waals surface area contributed by atoms with Gasteiger partial charge in [0.25, 0.3) is 0 Å². The predicted octanol–water partition coefficient (Wildman–Crippen LogP) is 4.98. The molecule has 2 atom stereocenters. The first-order valence-electron chi connectivity index (χ1n) is 7.28. The molecule has 23 heavy (non-hydrogen) atoms. The van der Waals surface area contributed by atoms with Crippen molar-refractivity contribution in [3.8, 4) is 0 Å². The van der Waals surface area contributed by atoms with Crippen LogP contribution >= 0.6 is 11.3 Å². The highest BCUT2D eigenvalue weighted by molar-refractivity contribution is 7.19. The molecule has 0 amide bonds. The first kappa shape index (κ1) is 14.2. The highest BCUT2D eigenvalue weighted by Crippen LogP contribution is 2.48. The van der Waals surface area contributed by atoms with E-state index in [1.807, 2.05) is 30.3 Å². The number of thiophene rings is 1. The molecule has 2 heterocycles. The first-order chi connectivity index (χ1) is 11.1. The number of ether oxygens (including phenoxy) is 1. The maximum atomic E-state index is 14.2. The molecular weight excluding hydrogens is 311 g/mol. The summed E-state index contributed by atoms with van der Waals surface area (Å²) >= 11 is 1.59. The van der Waals surface area contributed by atoms with E-state index < -0.39 is 12.1 Å². The van der Waals surface area contributed by atoms with Crippen LogP contribution in [0.1, 0.15) is 22.5 Å². The van der Waals surface area contributed by atoms with Crippen LogP contribution in [0.4, 0.5) is 4.39 Å². The zero-order valence-electron chi connectivity index (χ0n) is 12.2. The van der Waals surface area contributed by atoms with Gasteiger partial charge in [-0.2, -0.15) is 0 Å². The molecular formula is C19H13FO2S. The Labute approximate surface area is 136 Å². The van der Waals surface area contributed by atoms with Crippen molar-refractivity contribution in [2.24, 2.45) is 0 Å². The van der Waals surface area contributed by atoms with Gasteiger partial charge in [-0.25, -0.2) is 9.18 Å². The number of rotatable bonds is 2. The van der Waals surface area contributed by atoms with Gasteiger partial charge in [0.05, 0.1) is 5.92 Å². The van der Waals surface area contributed by atoms with Crippen LogP contribution in [0.5, 0.6) is 0 Å². The molecule has 0 aliphatic carbocycles. The van der Waals surface area contributed by atoms with E-state index in [-0.39, 0.29) is 11.7 Å². The average molecular weight is 324 g/mol. The largest absolute Gasteiger partial charge is 0.453 e. The lowest BCUT2D eigenvalue weighted by atomic mass is 9.90. The average Bonchev–Trinajstić information content (AvgIpc) is 3.09. The van der Waals surface area contributed by atoms with Gasteiger partial charge in [0.1, 0.15) is 11.9 Å². The summed E-state index contributed by atoms with van der Waals surface area (Å²) in [6.45, 7) is 3.88. The van der Waals surface area contributed by atoms with E-state index in [0.29, 0.717) is 11.1 Å². The molecule has 1 saturated heterocycles. The summed E-state index contributed by atoms with van der Waals surface area (Å²) in [5.41, 5.74) is 0.770. The molecule has 1 aliphatic rings. The van der Waals surface area contributed by atoms with Crippen LogP contribution in [0.3, 0.4) is 0 Å². The fraction of sp³-hybridized carbons (Fsp3) is 0.105. The van der Waals surface area contributed by atoms with Crippen molar-refractivity contribution < 1.29 is 13.9 Å². The standard InChI is InChI=1S/C19H13FO2S/c1-11-17(16-10-12-6-2-5-9-15(12)23-16)18(22-19(11)21)13-7-3-4-8-14(13)20/h2-10,17-18H,1H2. The van der Waals surface area contributed by atoms with Crippen LogP contribution in [-0.4, -0.2) is 5.97 Å². The van der Waals surface area contributed by atoms with Crippen LogP contribution in [0.2, 0.25) is 0 Å². The number of fused-ring (bicyclic) bond motifs is 1.